The van der Waals surface area contributed by atoms with Crippen LogP contribution in [0.3, 0.4) is 0 Å². The molecule has 4 nitrogen and oxygen atoms in total. The van der Waals surface area contributed by atoms with E-state index >= 15 is 0 Å². The Morgan fingerprint density at radius 3 is 2.73 bits per heavy atom. The van der Waals surface area contributed by atoms with Gasteiger partial charge in [0.2, 0.25) is 0 Å². The number of nitrogens with zero attached hydrogens (tertiary/aromatic N) is 2. The van der Waals surface area contributed by atoms with Gasteiger partial charge in [0.1, 0.15) is 6.04 Å². The van der Waals surface area contributed by atoms with Gasteiger partial charge >= 0.3 is 5.97 Å². The molecular formula is C17H20N2O2S. The zero-order chi connectivity index (χ0) is 15.5. The maximum absolute atomic E-state index is 11.7. The Morgan fingerprint density at radius 2 is 2.09 bits per heavy atom. The van der Waals surface area contributed by atoms with Crippen molar-refractivity contribution in [1.82, 2.24) is 9.88 Å². The van der Waals surface area contributed by atoms with Crippen LogP contribution < -0.4 is 0 Å². The van der Waals surface area contributed by atoms with Gasteiger partial charge in [0.15, 0.2) is 0 Å². The summed E-state index contributed by atoms with van der Waals surface area (Å²) in [4.78, 5) is 20.4. The molecule has 0 saturated carbocycles. The Labute approximate surface area is 134 Å². The highest BCUT2D eigenvalue weighted by molar-refractivity contribution is 7.12. The van der Waals surface area contributed by atoms with E-state index in [-0.39, 0.29) is 6.04 Å². The minimum Gasteiger partial charge on any atom is -0.480 e. The molecule has 0 aliphatic carbocycles. The molecule has 22 heavy (non-hydrogen) atoms. The fourth-order valence-electron chi connectivity index (χ4n) is 3.19. The molecule has 2 aromatic heterocycles. The highest BCUT2D eigenvalue weighted by Crippen LogP contribution is 2.37. The maximum Gasteiger partial charge on any atom is 0.320 e. The largest absolute Gasteiger partial charge is 0.480 e. The monoisotopic (exact) mass is 316 g/mol. The molecule has 1 aliphatic rings. The van der Waals surface area contributed by atoms with Gasteiger partial charge in [0.05, 0.1) is 6.04 Å². The molecule has 116 valence electrons. The number of pyridine rings is 1. The van der Waals surface area contributed by atoms with Gasteiger partial charge in [-0.15, -0.1) is 11.3 Å². The molecule has 0 aromatic carbocycles. The zero-order valence-electron chi connectivity index (χ0n) is 12.6. The summed E-state index contributed by atoms with van der Waals surface area (Å²) < 4.78 is 0. The van der Waals surface area contributed by atoms with Crippen molar-refractivity contribution in [1.29, 1.82) is 0 Å². The second kappa shape index (κ2) is 6.58. The third-order valence-electron chi connectivity index (χ3n) is 4.21. The summed E-state index contributed by atoms with van der Waals surface area (Å²) in [7, 11) is 0. The van der Waals surface area contributed by atoms with Crippen LogP contribution in [0.4, 0.5) is 0 Å². The number of piperidine rings is 1. The van der Waals surface area contributed by atoms with Crippen LogP contribution in [-0.2, 0) is 4.79 Å². The lowest BCUT2D eigenvalue weighted by Crippen LogP contribution is -2.46. The molecule has 2 unspecified atom stereocenters. The van der Waals surface area contributed by atoms with Crippen molar-refractivity contribution >= 4 is 17.3 Å². The number of rotatable bonds is 4. The predicted octanol–water partition coefficient (Wildman–Crippen LogP) is 3.48. The molecule has 0 radical (unpaired) electrons. The Morgan fingerprint density at radius 1 is 1.32 bits per heavy atom. The summed E-state index contributed by atoms with van der Waals surface area (Å²) in [6.07, 6.45) is 6.32. The number of aliphatic carboxylic acids is 1. The van der Waals surface area contributed by atoms with Gasteiger partial charge in [-0.3, -0.25) is 14.7 Å². The summed E-state index contributed by atoms with van der Waals surface area (Å²) >= 11 is 1.74. The highest BCUT2D eigenvalue weighted by Gasteiger charge is 2.35. The van der Waals surface area contributed by atoms with Crippen LogP contribution in [0.25, 0.3) is 0 Å². The zero-order valence-corrected chi connectivity index (χ0v) is 13.4. The van der Waals surface area contributed by atoms with E-state index < -0.39 is 12.0 Å². The van der Waals surface area contributed by atoms with Crippen LogP contribution >= 0.6 is 11.3 Å². The van der Waals surface area contributed by atoms with Gasteiger partial charge in [0, 0.05) is 22.1 Å². The number of hydrogen-bond acceptors (Lipinski definition) is 4. The van der Waals surface area contributed by atoms with Gasteiger partial charge in [-0.2, -0.15) is 0 Å². The molecule has 0 bridgehead atoms. The average Bonchev–Trinajstić information content (AvgIpc) is 2.95. The van der Waals surface area contributed by atoms with Crippen LogP contribution in [0.2, 0.25) is 0 Å². The molecule has 2 aromatic rings. The van der Waals surface area contributed by atoms with Crippen LogP contribution in [0.15, 0.2) is 36.7 Å². The van der Waals surface area contributed by atoms with Crippen molar-refractivity contribution in [2.45, 2.75) is 38.3 Å². The highest BCUT2D eigenvalue weighted by atomic mass is 32.1. The first-order chi connectivity index (χ1) is 10.7. The molecule has 1 aliphatic heterocycles. The molecule has 5 heteroatoms. The predicted molar refractivity (Wildman–Crippen MR) is 87.1 cm³/mol. The third-order valence-corrected chi connectivity index (χ3v) is 5.27. The first-order valence-corrected chi connectivity index (χ1v) is 8.43. The second-order valence-electron chi connectivity index (χ2n) is 5.72. The SMILES string of the molecule is Cc1ccc(C(c2ccncc2)N2CCCCC2C(=O)O)s1. The van der Waals surface area contributed by atoms with E-state index in [0.717, 1.165) is 31.4 Å². The molecule has 1 saturated heterocycles. The summed E-state index contributed by atoms with van der Waals surface area (Å²) in [5, 5.41) is 9.61. The second-order valence-corrected chi connectivity index (χ2v) is 7.04. The van der Waals surface area contributed by atoms with Crippen molar-refractivity contribution in [3.05, 3.63) is 52.0 Å². The Kier molecular flexibility index (Phi) is 4.55. The average molecular weight is 316 g/mol. The van der Waals surface area contributed by atoms with Gasteiger partial charge in [-0.05, 0) is 56.1 Å². The number of hydrogen-bond donors (Lipinski definition) is 1. The number of carboxylic acids is 1. The van der Waals surface area contributed by atoms with Crippen LogP contribution in [0.5, 0.6) is 0 Å². The first kappa shape index (κ1) is 15.2. The number of aryl methyl sites for hydroxylation is 1. The summed E-state index contributed by atoms with van der Waals surface area (Å²) in [6, 6.07) is 7.81. The fraction of sp³-hybridized carbons (Fsp3) is 0.412. The summed E-state index contributed by atoms with van der Waals surface area (Å²) in [5.41, 5.74) is 1.12. The lowest BCUT2D eigenvalue weighted by atomic mass is 9.96. The first-order valence-electron chi connectivity index (χ1n) is 7.61. The molecular weight excluding hydrogens is 296 g/mol. The molecule has 3 rings (SSSR count). The standard InChI is InChI=1S/C17H20N2O2S/c1-12-5-6-15(22-12)16(13-7-9-18-10-8-13)19-11-3-2-4-14(19)17(20)21/h5-10,14,16H,2-4,11H2,1H3,(H,20,21). The summed E-state index contributed by atoms with van der Waals surface area (Å²) in [5.74, 6) is -0.716. The van der Waals surface area contributed by atoms with E-state index in [4.69, 9.17) is 0 Å². The number of carboxylic acid groups (broad SMARTS) is 1. The van der Waals surface area contributed by atoms with Crippen molar-refractivity contribution in [3.8, 4) is 0 Å². The lowest BCUT2D eigenvalue weighted by Gasteiger charge is -2.39. The van der Waals surface area contributed by atoms with E-state index in [1.165, 1.54) is 9.75 Å². The molecule has 3 heterocycles. The normalized spacial score (nSPS) is 20.7. The Hall–Kier alpha value is -1.72. The van der Waals surface area contributed by atoms with Crippen molar-refractivity contribution < 1.29 is 9.90 Å². The number of aromatic nitrogens is 1. The van der Waals surface area contributed by atoms with Gasteiger partial charge < -0.3 is 5.11 Å². The van der Waals surface area contributed by atoms with Gasteiger partial charge in [-0.1, -0.05) is 6.42 Å². The van der Waals surface area contributed by atoms with Crippen LogP contribution in [0.1, 0.15) is 40.6 Å². The molecule has 1 fully saturated rings. The molecule has 0 amide bonds. The van der Waals surface area contributed by atoms with E-state index in [2.05, 4.69) is 28.9 Å². The molecule has 0 spiro atoms. The molecule has 1 N–H and O–H groups in total. The van der Waals surface area contributed by atoms with E-state index in [9.17, 15) is 9.90 Å². The number of carbonyl (C=O) groups is 1. The van der Waals surface area contributed by atoms with Crippen LogP contribution in [0, 0.1) is 6.92 Å². The number of likely N-dealkylation sites (tertiary alicyclic amines) is 1. The maximum atomic E-state index is 11.7. The van der Waals surface area contributed by atoms with Crippen LogP contribution in [-0.4, -0.2) is 33.5 Å². The van der Waals surface area contributed by atoms with Crippen molar-refractivity contribution in [2.75, 3.05) is 6.54 Å². The van der Waals surface area contributed by atoms with E-state index in [0.29, 0.717) is 0 Å². The number of thiophene rings is 1. The smallest absolute Gasteiger partial charge is 0.320 e. The quantitative estimate of drug-likeness (QED) is 0.938. The third kappa shape index (κ3) is 3.05. The van der Waals surface area contributed by atoms with Gasteiger partial charge in [0.25, 0.3) is 0 Å². The van der Waals surface area contributed by atoms with Gasteiger partial charge in [-0.25, -0.2) is 0 Å². The molecule has 2 atom stereocenters. The van der Waals surface area contributed by atoms with E-state index in [1.807, 2.05) is 12.1 Å². The summed E-state index contributed by atoms with van der Waals surface area (Å²) in [6.45, 7) is 2.91. The topological polar surface area (TPSA) is 53.4 Å². The Balaban J connectivity index is 2.02. The minimum absolute atomic E-state index is 0.00287. The Bertz CT molecular complexity index is 641. The fourth-order valence-corrected chi connectivity index (χ4v) is 4.22. The lowest BCUT2D eigenvalue weighted by molar-refractivity contribution is -0.145. The van der Waals surface area contributed by atoms with E-state index in [1.54, 1.807) is 23.7 Å². The minimum atomic E-state index is -0.716. The van der Waals surface area contributed by atoms with Crippen molar-refractivity contribution in [3.63, 3.8) is 0 Å². The van der Waals surface area contributed by atoms with Crippen molar-refractivity contribution in [2.24, 2.45) is 0 Å².